The summed E-state index contributed by atoms with van der Waals surface area (Å²) in [6.07, 6.45) is 2.35. The van der Waals surface area contributed by atoms with Crippen LogP contribution in [0.5, 0.6) is 0 Å². The van der Waals surface area contributed by atoms with Crippen molar-refractivity contribution in [3.8, 4) is 0 Å². The molecule has 132 valence electrons. The molecule has 0 spiro atoms. The Morgan fingerprint density at radius 2 is 1.96 bits per heavy atom. The van der Waals surface area contributed by atoms with Crippen LogP contribution < -0.4 is 4.90 Å². The van der Waals surface area contributed by atoms with E-state index in [1.807, 2.05) is 24.3 Å². The highest BCUT2D eigenvalue weighted by atomic mass is 32.1. The average molecular weight is 360 g/mol. The van der Waals surface area contributed by atoms with Crippen LogP contribution in [0.1, 0.15) is 32.3 Å². The van der Waals surface area contributed by atoms with E-state index < -0.39 is 12.0 Å². The molecule has 1 aliphatic heterocycles. The maximum atomic E-state index is 12.4. The second kappa shape index (κ2) is 7.23. The molecule has 0 aromatic heterocycles. The van der Waals surface area contributed by atoms with Crippen LogP contribution in [0.4, 0.5) is 10.5 Å². The molecule has 2 fully saturated rings. The number of carbonyl (C=O) groups is 2. The minimum atomic E-state index is -0.766. The van der Waals surface area contributed by atoms with Gasteiger partial charge in [-0.05, 0) is 62.7 Å². The summed E-state index contributed by atoms with van der Waals surface area (Å²) >= 11 is 4.98. The molecular weight excluding hydrogens is 340 g/mol. The van der Waals surface area contributed by atoms with Crippen LogP contribution in [-0.4, -0.2) is 41.3 Å². The number of anilines is 1. The third-order valence-electron chi connectivity index (χ3n) is 4.09. The molecule has 7 heteroatoms. The SMILES string of the molecule is CCN(CC)c1ccc(/C=C2/OC(=S)N(C(=O)OC3CC3)C2=O)cc1. The van der Waals surface area contributed by atoms with Crippen LogP contribution in [-0.2, 0) is 14.3 Å². The zero-order valence-corrected chi connectivity index (χ0v) is 15.0. The summed E-state index contributed by atoms with van der Waals surface area (Å²) in [5.74, 6) is -0.572. The molecule has 0 unspecified atom stereocenters. The highest BCUT2D eigenvalue weighted by Crippen LogP contribution is 2.27. The maximum absolute atomic E-state index is 12.4. The summed E-state index contributed by atoms with van der Waals surface area (Å²) in [7, 11) is 0. The third kappa shape index (κ3) is 3.82. The Kier molecular flexibility index (Phi) is 5.03. The van der Waals surface area contributed by atoms with Crippen molar-refractivity contribution in [2.45, 2.75) is 32.8 Å². The largest absolute Gasteiger partial charge is 0.445 e. The van der Waals surface area contributed by atoms with Crippen LogP contribution in [0.25, 0.3) is 6.08 Å². The fourth-order valence-electron chi connectivity index (χ4n) is 2.53. The molecule has 1 aromatic rings. The molecule has 0 atom stereocenters. The second-order valence-electron chi connectivity index (χ2n) is 5.86. The van der Waals surface area contributed by atoms with Gasteiger partial charge in [-0.25, -0.2) is 4.79 Å². The number of nitrogens with zero attached hydrogens (tertiary/aromatic N) is 2. The Balaban J connectivity index is 1.73. The first-order valence-electron chi connectivity index (χ1n) is 8.37. The first kappa shape index (κ1) is 17.4. The second-order valence-corrected chi connectivity index (χ2v) is 6.21. The first-order valence-corrected chi connectivity index (χ1v) is 8.78. The minimum Gasteiger partial charge on any atom is -0.445 e. The van der Waals surface area contributed by atoms with E-state index in [4.69, 9.17) is 21.7 Å². The van der Waals surface area contributed by atoms with Gasteiger partial charge in [0.2, 0.25) is 0 Å². The lowest BCUT2D eigenvalue weighted by Gasteiger charge is -2.20. The molecule has 1 aliphatic carbocycles. The summed E-state index contributed by atoms with van der Waals surface area (Å²) < 4.78 is 10.4. The molecule has 6 nitrogen and oxygen atoms in total. The molecule has 0 radical (unpaired) electrons. The van der Waals surface area contributed by atoms with Crippen molar-refractivity contribution in [2.75, 3.05) is 18.0 Å². The van der Waals surface area contributed by atoms with Crippen LogP contribution >= 0.6 is 12.2 Å². The van der Waals surface area contributed by atoms with Gasteiger partial charge in [0, 0.05) is 18.8 Å². The number of amides is 2. The van der Waals surface area contributed by atoms with Crippen LogP contribution in [0, 0.1) is 0 Å². The topological polar surface area (TPSA) is 59.1 Å². The lowest BCUT2D eigenvalue weighted by atomic mass is 10.1. The van der Waals surface area contributed by atoms with Crippen molar-refractivity contribution in [3.63, 3.8) is 0 Å². The summed E-state index contributed by atoms with van der Waals surface area (Å²) in [6.45, 7) is 6.04. The van der Waals surface area contributed by atoms with Gasteiger partial charge in [-0.15, -0.1) is 0 Å². The summed E-state index contributed by atoms with van der Waals surface area (Å²) in [6, 6.07) is 7.75. The van der Waals surface area contributed by atoms with E-state index in [1.165, 1.54) is 0 Å². The van der Waals surface area contributed by atoms with Gasteiger partial charge in [0.15, 0.2) is 5.76 Å². The standard InChI is InChI=1S/C18H20N2O4S/c1-3-19(4-2)13-7-5-12(6-8-13)11-15-16(21)20(18(25)24-15)17(22)23-14-9-10-14/h5-8,11,14H,3-4,9-10H2,1-2H3/b15-11+. The summed E-state index contributed by atoms with van der Waals surface area (Å²) in [5.41, 5.74) is 1.90. The Morgan fingerprint density at radius 3 is 2.52 bits per heavy atom. The smallest absolute Gasteiger partial charge is 0.425 e. The van der Waals surface area contributed by atoms with Crippen molar-refractivity contribution in [1.82, 2.24) is 4.90 Å². The fraction of sp³-hybridized carbons (Fsp3) is 0.389. The minimum absolute atomic E-state index is 0.0216. The van der Waals surface area contributed by atoms with Crippen molar-refractivity contribution in [3.05, 3.63) is 35.6 Å². The summed E-state index contributed by atoms with van der Waals surface area (Å²) in [4.78, 5) is 27.3. The molecule has 2 amide bonds. The van der Waals surface area contributed by atoms with E-state index >= 15 is 0 Å². The lowest BCUT2D eigenvalue weighted by Crippen LogP contribution is -2.36. The monoisotopic (exact) mass is 360 g/mol. The van der Waals surface area contributed by atoms with E-state index in [2.05, 4.69) is 18.7 Å². The number of hydrogen-bond donors (Lipinski definition) is 0. The van der Waals surface area contributed by atoms with Crippen molar-refractivity contribution < 1.29 is 19.1 Å². The number of rotatable bonds is 5. The van der Waals surface area contributed by atoms with Crippen molar-refractivity contribution in [2.24, 2.45) is 0 Å². The zero-order valence-electron chi connectivity index (χ0n) is 14.2. The molecule has 1 aromatic carbocycles. The van der Waals surface area contributed by atoms with Crippen molar-refractivity contribution in [1.29, 1.82) is 0 Å². The highest BCUT2D eigenvalue weighted by molar-refractivity contribution is 7.80. The van der Waals surface area contributed by atoms with Gasteiger partial charge in [-0.2, -0.15) is 4.90 Å². The molecule has 1 heterocycles. The Hall–Kier alpha value is -2.41. The molecule has 25 heavy (non-hydrogen) atoms. The van der Waals surface area contributed by atoms with Gasteiger partial charge in [0.05, 0.1) is 0 Å². The molecule has 1 saturated carbocycles. The van der Waals surface area contributed by atoms with Gasteiger partial charge < -0.3 is 14.4 Å². The average Bonchev–Trinajstić information content (AvgIpc) is 3.35. The highest BCUT2D eigenvalue weighted by Gasteiger charge is 2.41. The van der Waals surface area contributed by atoms with Gasteiger partial charge >= 0.3 is 12.0 Å². The number of carbonyl (C=O) groups excluding carboxylic acids is 2. The Bertz CT molecular complexity index is 721. The van der Waals surface area contributed by atoms with E-state index in [9.17, 15) is 9.59 Å². The number of hydrogen-bond acceptors (Lipinski definition) is 6. The van der Waals surface area contributed by atoms with E-state index in [0.717, 1.165) is 42.1 Å². The predicted molar refractivity (Wildman–Crippen MR) is 98.0 cm³/mol. The number of ether oxygens (including phenoxy) is 2. The Labute approximate surface area is 152 Å². The molecule has 0 N–H and O–H groups in total. The van der Waals surface area contributed by atoms with Crippen molar-refractivity contribution >= 4 is 41.2 Å². The number of imide groups is 1. The fourth-order valence-corrected chi connectivity index (χ4v) is 2.78. The van der Waals surface area contributed by atoms with Gasteiger partial charge in [0.25, 0.3) is 5.17 Å². The van der Waals surface area contributed by atoms with Crippen LogP contribution in [0.15, 0.2) is 30.0 Å². The molecule has 1 saturated heterocycles. The predicted octanol–water partition coefficient (Wildman–Crippen LogP) is 3.32. The van der Waals surface area contributed by atoms with Gasteiger partial charge in [-0.1, -0.05) is 12.1 Å². The van der Waals surface area contributed by atoms with E-state index in [-0.39, 0.29) is 17.0 Å². The zero-order chi connectivity index (χ0) is 18.0. The third-order valence-corrected chi connectivity index (χ3v) is 4.35. The molecule has 3 rings (SSSR count). The van der Waals surface area contributed by atoms with Gasteiger partial charge in [0.1, 0.15) is 6.10 Å². The van der Waals surface area contributed by atoms with Crippen LogP contribution in [0.3, 0.4) is 0 Å². The lowest BCUT2D eigenvalue weighted by molar-refractivity contribution is -0.121. The van der Waals surface area contributed by atoms with E-state index in [0.29, 0.717) is 0 Å². The van der Waals surface area contributed by atoms with Crippen LogP contribution in [0.2, 0.25) is 0 Å². The summed E-state index contributed by atoms with van der Waals surface area (Å²) in [5, 5.41) is -0.193. The molecular formula is C18H20N2O4S. The van der Waals surface area contributed by atoms with Gasteiger partial charge in [-0.3, -0.25) is 4.79 Å². The number of thiocarbonyl (C=S) groups is 1. The van der Waals surface area contributed by atoms with E-state index in [1.54, 1.807) is 6.08 Å². The number of benzene rings is 1. The normalized spacial score (nSPS) is 18.5. The first-order chi connectivity index (χ1) is 12.0. The molecule has 0 bridgehead atoms. The molecule has 2 aliphatic rings. The Morgan fingerprint density at radius 1 is 1.32 bits per heavy atom. The quantitative estimate of drug-likeness (QED) is 0.593. The maximum Gasteiger partial charge on any atom is 0.425 e.